The molecule has 0 aromatic heterocycles. The van der Waals surface area contributed by atoms with Crippen molar-refractivity contribution in [2.75, 3.05) is 0 Å². The van der Waals surface area contributed by atoms with E-state index < -0.39 is 6.04 Å². The molecule has 0 spiro atoms. The van der Waals surface area contributed by atoms with E-state index in [4.69, 9.17) is 5.73 Å². The first-order chi connectivity index (χ1) is 7.54. The number of carbonyl (C=O) groups excluding carboxylic acids is 1. The first kappa shape index (κ1) is 13.2. The van der Waals surface area contributed by atoms with Gasteiger partial charge in [-0.15, -0.1) is 0 Å². The topological polar surface area (TPSA) is 55.1 Å². The summed E-state index contributed by atoms with van der Waals surface area (Å²) in [5, 5.41) is 2.89. The van der Waals surface area contributed by atoms with E-state index in [-0.39, 0.29) is 11.9 Å². The fraction of sp³-hybridized carbons (Fsp3) is 0.417. The Morgan fingerprint density at radius 2 is 2.25 bits per heavy atom. The van der Waals surface area contributed by atoms with Gasteiger partial charge in [0.2, 0.25) is 5.91 Å². The van der Waals surface area contributed by atoms with Gasteiger partial charge in [-0.1, -0.05) is 35.0 Å². The van der Waals surface area contributed by atoms with Crippen LogP contribution in [-0.4, -0.2) is 11.9 Å². The van der Waals surface area contributed by atoms with Gasteiger partial charge in [0.25, 0.3) is 0 Å². The highest BCUT2D eigenvalue weighted by Crippen LogP contribution is 2.17. The predicted octanol–water partition coefficient (Wildman–Crippen LogP) is 2.36. The van der Waals surface area contributed by atoms with E-state index in [1.807, 2.05) is 38.1 Å². The van der Waals surface area contributed by atoms with Gasteiger partial charge in [-0.05, 0) is 31.0 Å². The maximum atomic E-state index is 11.6. The van der Waals surface area contributed by atoms with Crippen LogP contribution in [0, 0.1) is 0 Å². The zero-order valence-corrected chi connectivity index (χ0v) is 11.1. The second-order valence-corrected chi connectivity index (χ2v) is 4.72. The fourth-order valence-corrected chi connectivity index (χ4v) is 1.78. The van der Waals surface area contributed by atoms with Crippen molar-refractivity contribution in [3.8, 4) is 0 Å². The van der Waals surface area contributed by atoms with E-state index in [9.17, 15) is 4.79 Å². The minimum absolute atomic E-state index is 0.0254. The van der Waals surface area contributed by atoms with Crippen LogP contribution in [0.4, 0.5) is 0 Å². The minimum atomic E-state index is -0.422. The fourth-order valence-electron chi connectivity index (χ4n) is 1.37. The van der Waals surface area contributed by atoms with Crippen molar-refractivity contribution in [3.05, 3.63) is 34.3 Å². The van der Waals surface area contributed by atoms with Gasteiger partial charge in [0.05, 0.1) is 12.1 Å². The van der Waals surface area contributed by atoms with Crippen LogP contribution in [0.25, 0.3) is 0 Å². The molecule has 0 fully saturated rings. The molecule has 1 aromatic rings. The monoisotopic (exact) mass is 284 g/mol. The van der Waals surface area contributed by atoms with Gasteiger partial charge in [0.1, 0.15) is 0 Å². The number of nitrogens with two attached hydrogens (primary N) is 1. The molecular formula is C12H17BrN2O. The van der Waals surface area contributed by atoms with Crippen molar-refractivity contribution >= 4 is 21.8 Å². The Labute approximate surface area is 105 Å². The standard InChI is InChI=1S/C12H17BrN2O/c1-3-11(14)12(16)15-8(2)9-5-4-6-10(13)7-9/h4-8,11H,3,14H2,1-2H3,(H,15,16)/t8-,11+/m1/s1. The van der Waals surface area contributed by atoms with Crippen LogP contribution in [0.5, 0.6) is 0 Å². The zero-order valence-electron chi connectivity index (χ0n) is 9.53. The molecule has 0 bridgehead atoms. The summed E-state index contributed by atoms with van der Waals surface area (Å²) in [4.78, 5) is 11.6. The Kier molecular flexibility index (Phi) is 4.96. The molecule has 1 aromatic carbocycles. The number of nitrogens with one attached hydrogen (secondary N) is 1. The van der Waals surface area contributed by atoms with E-state index in [0.717, 1.165) is 10.0 Å². The van der Waals surface area contributed by atoms with Gasteiger partial charge in [-0.2, -0.15) is 0 Å². The van der Waals surface area contributed by atoms with Crippen molar-refractivity contribution < 1.29 is 4.79 Å². The Morgan fingerprint density at radius 3 is 2.81 bits per heavy atom. The molecule has 0 aliphatic heterocycles. The van der Waals surface area contributed by atoms with Crippen LogP contribution < -0.4 is 11.1 Å². The number of rotatable bonds is 4. The summed E-state index contributed by atoms with van der Waals surface area (Å²) < 4.78 is 1.01. The molecule has 0 heterocycles. The van der Waals surface area contributed by atoms with Gasteiger partial charge in [-0.3, -0.25) is 4.79 Å². The second kappa shape index (κ2) is 6.01. The number of hydrogen-bond acceptors (Lipinski definition) is 2. The van der Waals surface area contributed by atoms with E-state index in [1.165, 1.54) is 0 Å². The molecule has 16 heavy (non-hydrogen) atoms. The van der Waals surface area contributed by atoms with Crippen molar-refractivity contribution in [1.29, 1.82) is 0 Å². The van der Waals surface area contributed by atoms with Crippen molar-refractivity contribution in [1.82, 2.24) is 5.32 Å². The third-order valence-electron chi connectivity index (χ3n) is 2.48. The molecule has 0 aliphatic rings. The summed E-state index contributed by atoms with van der Waals surface area (Å²) in [5.41, 5.74) is 6.71. The molecule has 0 aliphatic carbocycles. The van der Waals surface area contributed by atoms with E-state index in [0.29, 0.717) is 6.42 Å². The van der Waals surface area contributed by atoms with Crippen LogP contribution in [-0.2, 0) is 4.79 Å². The quantitative estimate of drug-likeness (QED) is 0.892. The molecule has 1 rings (SSSR count). The molecule has 4 heteroatoms. The zero-order chi connectivity index (χ0) is 12.1. The molecular weight excluding hydrogens is 268 g/mol. The van der Waals surface area contributed by atoms with Gasteiger partial charge in [0.15, 0.2) is 0 Å². The normalized spacial score (nSPS) is 14.2. The number of benzene rings is 1. The average Bonchev–Trinajstić information content (AvgIpc) is 2.27. The molecule has 0 saturated heterocycles. The smallest absolute Gasteiger partial charge is 0.237 e. The summed E-state index contributed by atoms with van der Waals surface area (Å²) in [6.07, 6.45) is 0.650. The van der Waals surface area contributed by atoms with Gasteiger partial charge < -0.3 is 11.1 Å². The Morgan fingerprint density at radius 1 is 1.56 bits per heavy atom. The molecule has 2 atom stereocenters. The third kappa shape index (κ3) is 3.61. The number of amides is 1. The molecule has 3 nitrogen and oxygen atoms in total. The molecule has 0 saturated carbocycles. The first-order valence-electron chi connectivity index (χ1n) is 5.36. The third-order valence-corrected chi connectivity index (χ3v) is 2.98. The lowest BCUT2D eigenvalue weighted by atomic mass is 10.1. The average molecular weight is 285 g/mol. The maximum Gasteiger partial charge on any atom is 0.237 e. The second-order valence-electron chi connectivity index (χ2n) is 3.80. The summed E-state index contributed by atoms with van der Waals surface area (Å²) >= 11 is 3.40. The van der Waals surface area contributed by atoms with Crippen molar-refractivity contribution in [2.24, 2.45) is 5.73 Å². The Hall–Kier alpha value is -0.870. The van der Waals surface area contributed by atoms with E-state index >= 15 is 0 Å². The predicted molar refractivity (Wildman–Crippen MR) is 69.0 cm³/mol. The van der Waals surface area contributed by atoms with Crippen LogP contribution in [0.3, 0.4) is 0 Å². The van der Waals surface area contributed by atoms with Crippen LogP contribution in [0.15, 0.2) is 28.7 Å². The van der Waals surface area contributed by atoms with Gasteiger partial charge >= 0.3 is 0 Å². The summed E-state index contributed by atoms with van der Waals surface area (Å²) in [6, 6.07) is 7.42. The number of hydrogen-bond donors (Lipinski definition) is 2. The SMILES string of the molecule is CC[C@H](N)C(=O)N[C@H](C)c1cccc(Br)c1. The highest BCUT2D eigenvalue weighted by atomic mass is 79.9. The summed E-state index contributed by atoms with van der Waals surface area (Å²) in [6.45, 7) is 3.84. The molecule has 1 amide bonds. The van der Waals surface area contributed by atoms with Crippen molar-refractivity contribution in [3.63, 3.8) is 0 Å². The molecule has 3 N–H and O–H groups in total. The highest BCUT2D eigenvalue weighted by molar-refractivity contribution is 9.10. The summed E-state index contributed by atoms with van der Waals surface area (Å²) in [7, 11) is 0. The van der Waals surface area contributed by atoms with Crippen LogP contribution in [0.1, 0.15) is 31.9 Å². The van der Waals surface area contributed by atoms with Gasteiger partial charge in [0, 0.05) is 4.47 Å². The Bertz CT molecular complexity index is 368. The van der Waals surface area contributed by atoms with Gasteiger partial charge in [-0.25, -0.2) is 0 Å². The maximum absolute atomic E-state index is 11.6. The molecule has 0 unspecified atom stereocenters. The lowest BCUT2D eigenvalue weighted by Gasteiger charge is -2.17. The van der Waals surface area contributed by atoms with E-state index in [1.54, 1.807) is 0 Å². The Balaban J connectivity index is 2.65. The van der Waals surface area contributed by atoms with E-state index in [2.05, 4.69) is 21.2 Å². The lowest BCUT2D eigenvalue weighted by Crippen LogP contribution is -2.41. The lowest BCUT2D eigenvalue weighted by molar-refractivity contribution is -0.123. The molecule has 0 radical (unpaired) electrons. The minimum Gasteiger partial charge on any atom is -0.348 e. The van der Waals surface area contributed by atoms with Crippen molar-refractivity contribution in [2.45, 2.75) is 32.4 Å². The molecule has 88 valence electrons. The highest BCUT2D eigenvalue weighted by Gasteiger charge is 2.14. The van der Waals surface area contributed by atoms with Crippen LogP contribution >= 0.6 is 15.9 Å². The first-order valence-corrected chi connectivity index (χ1v) is 6.15. The number of carbonyl (C=O) groups is 1. The van der Waals surface area contributed by atoms with Crippen LogP contribution in [0.2, 0.25) is 0 Å². The summed E-state index contributed by atoms with van der Waals surface area (Å²) in [5.74, 6) is -0.102. The number of halogens is 1. The largest absolute Gasteiger partial charge is 0.348 e.